The van der Waals surface area contributed by atoms with Gasteiger partial charge in [-0.3, -0.25) is 9.59 Å². The summed E-state index contributed by atoms with van der Waals surface area (Å²) in [6.45, 7) is 4.86. The van der Waals surface area contributed by atoms with Crippen LogP contribution in [0, 0.1) is 0 Å². The third kappa shape index (κ3) is 9.88. The monoisotopic (exact) mass is 251 g/mol. The number of ketones is 1. The molecule has 0 N–H and O–H groups in total. The summed E-state index contributed by atoms with van der Waals surface area (Å²) in [7, 11) is 0. The number of carbonyl (C=O) groups excluding carboxylic acids is 2. The summed E-state index contributed by atoms with van der Waals surface area (Å²) in [6.07, 6.45) is -0.245. The van der Waals surface area contributed by atoms with E-state index in [-0.39, 0.29) is 40.7 Å². The van der Waals surface area contributed by atoms with E-state index in [9.17, 15) is 9.59 Å². The van der Waals surface area contributed by atoms with Gasteiger partial charge >= 0.3 is 28.3 Å². The molecule has 0 aliphatic rings. The minimum Gasteiger partial charge on any atom is -0.463 e. The fraction of sp³-hybridized carbons (Fsp3) is 0.714. The van der Waals surface area contributed by atoms with Gasteiger partial charge in [-0.2, -0.15) is 0 Å². The van der Waals surface area contributed by atoms with Gasteiger partial charge in [0.2, 0.25) is 0 Å². The first kappa shape index (κ1) is 13.5. The van der Waals surface area contributed by atoms with Gasteiger partial charge in [-0.25, -0.2) is 0 Å². The average Bonchev–Trinajstić information content (AvgIpc) is 1.58. The zero-order valence-electron chi connectivity index (χ0n) is 6.81. The Balaban J connectivity index is 0. The Hall–Kier alpha value is -0.120. The number of rotatable bonds is 3. The Morgan fingerprint density at radius 1 is 1.36 bits per heavy atom. The third-order valence-electron chi connectivity index (χ3n) is 0.760. The largest absolute Gasteiger partial charge is 1.00 e. The number of ether oxygens (including phenoxy) is 1. The van der Waals surface area contributed by atoms with Crippen LogP contribution in [0.2, 0.25) is 0 Å². The maximum absolute atomic E-state index is 10.6. The summed E-state index contributed by atoms with van der Waals surface area (Å²) in [5.74, 6) is -0.604. The van der Waals surface area contributed by atoms with Crippen LogP contribution < -0.4 is 0 Å². The normalized spacial score (nSPS) is 8.73. The Kier molecular flexibility index (Phi) is 8.06. The van der Waals surface area contributed by atoms with Crippen molar-refractivity contribution in [2.45, 2.75) is 33.3 Å². The molecule has 0 aromatic rings. The van der Waals surface area contributed by atoms with Crippen molar-refractivity contribution >= 4 is 11.8 Å². The van der Waals surface area contributed by atoms with Crippen molar-refractivity contribution in [2.24, 2.45) is 0 Å². The molecular weight excluding hydrogens is 240 g/mol. The summed E-state index contributed by atoms with van der Waals surface area (Å²) in [5.41, 5.74) is 0. The van der Waals surface area contributed by atoms with Crippen LogP contribution in [0.15, 0.2) is 0 Å². The van der Waals surface area contributed by atoms with Gasteiger partial charge < -0.3 is 4.74 Å². The van der Waals surface area contributed by atoms with Crippen LogP contribution >= 0.6 is 0 Å². The number of esters is 1. The van der Waals surface area contributed by atoms with Gasteiger partial charge in [-0.1, -0.05) is 0 Å². The second-order valence-corrected chi connectivity index (χ2v) is 2.42. The number of hydrogen-bond acceptors (Lipinski definition) is 3. The van der Waals surface area contributed by atoms with Crippen LogP contribution in [-0.4, -0.2) is 17.9 Å². The van der Waals surface area contributed by atoms with Crippen molar-refractivity contribution < 1.29 is 36.7 Å². The fourth-order valence-corrected chi connectivity index (χ4v) is 0.508. The maximum atomic E-state index is 10.6. The maximum Gasteiger partial charge on any atom is 1.00 e. The van der Waals surface area contributed by atoms with Gasteiger partial charge in [0.15, 0.2) is 0 Å². The Bertz CT molecular complexity index is 143. The van der Waals surface area contributed by atoms with E-state index in [1.54, 1.807) is 13.8 Å². The molecule has 68 valence electrons. The van der Waals surface area contributed by atoms with Crippen LogP contribution in [0.4, 0.5) is 0 Å². The van der Waals surface area contributed by atoms with E-state index in [1.165, 1.54) is 6.92 Å². The van der Waals surface area contributed by atoms with E-state index in [1.807, 2.05) is 0 Å². The molecule has 0 radical (unpaired) electrons. The summed E-state index contributed by atoms with van der Waals surface area (Å²) < 4.78 is 4.70. The van der Waals surface area contributed by atoms with E-state index in [4.69, 9.17) is 4.74 Å². The number of carbonyl (C=O) groups is 2. The Morgan fingerprint density at radius 3 is 2.09 bits per heavy atom. The van der Waals surface area contributed by atoms with E-state index < -0.39 is 5.97 Å². The minimum absolute atomic E-state index is 0. The number of hydrogen-bond donors (Lipinski definition) is 0. The van der Waals surface area contributed by atoms with E-state index in [0.29, 0.717) is 0 Å². The second kappa shape index (κ2) is 6.58. The molecule has 0 spiro atoms. The zero-order valence-corrected chi connectivity index (χ0v) is 8.29. The smallest absolute Gasteiger partial charge is 0.463 e. The van der Waals surface area contributed by atoms with E-state index in [2.05, 4.69) is 0 Å². The molecule has 0 fully saturated rings. The van der Waals surface area contributed by atoms with Crippen molar-refractivity contribution in [1.29, 1.82) is 0 Å². The van der Waals surface area contributed by atoms with E-state index in [0.717, 1.165) is 0 Å². The van der Waals surface area contributed by atoms with Gasteiger partial charge in [0.05, 0.1) is 6.10 Å². The molecule has 0 aliphatic heterocycles. The molecule has 0 bridgehead atoms. The summed E-state index contributed by atoms with van der Waals surface area (Å²) in [6, 6.07) is 0. The van der Waals surface area contributed by atoms with Crippen LogP contribution in [0.25, 0.3) is 0 Å². The molecule has 0 amide bonds. The topological polar surface area (TPSA) is 43.4 Å². The minimum atomic E-state index is -0.442. The molecule has 0 aromatic heterocycles. The van der Waals surface area contributed by atoms with Gasteiger partial charge in [0, 0.05) is 0 Å². The van der Waals surface area contributed by atoms with Crippen LogP contribution in [0.3, 0.4) is 0 Å². The molecule has 3 nitrogen and oxygen atoms in total. The van der Waals surface area contributed by atoms with Crippen molar-refractivity contribution in [1.82, 2.24) is 0 Å². The molecule has 0 heterocycles. The van der Waals surface area contributed by atoms with Crippen LogP contribution in [-0.2, 0) is 36.7 Å². The van der Waals surface area contributed by atoms with Crippen molar-refractivity contribution in [2.75, 3.05) is 0 Å². The standard InChI is InChI=1S/C7H12O3.Ag/c1-5(2)10-7(9)4-6(3)8;/h5H,4H2,1-3H3;/q;+1. The van der Waals surface area contributed by atoms with Gasteiger partial charge in [0.25, 0.3) is 0 Å². The molecule has 4 heteroatoms. The summed E-state index contributed by atoms with van der Waals surface area (Å²) in [4.78, 5) is 21.0. The molecule has 0 saturated carbocycles. The first-order valence-electron chi connectivity index (χ1n) is 3.21. The van der Waals surface area contributed by atoms with E-state index >= 15 is 0 Å². The van der Waals surface area contributed by atoms with Gasteiger partial charge in [-0.05, 0) is 20.8 Å². The quantitative estimate of drug-likeness (QED) is 0.426. The molecule has 0 saturated heterocycles. The molecular formula is C7H12AgO3+. The average molecular weight is 252 g/mol. The summed E-state index contributed by atoms with van der Waals surface area (Å²) in [5, 5.41) is 0. The Labute approximate surface area is 82.0 Å². The molecule has 0 aromatic carbocycles. The molecule has 0 atom stereocenters. The molecule has 0 unspecified atom stereocenters. The molecule has 0 rings (SSSR count). The third-order valence-corrected chi connectivity index (χ3v) is 0.760. The van der Waals surface area contributed by atoms with Crippen molar-refractivity contribution in [3.05, 3.63) is 0 Å². The predicted molar refractivity (Wildman–Crippen MR) is 36.5 cm³/mol. The SMILES string of the molecule is CC(=O)CC(=O)OC(C)C.[Ag+]. The second-order valence-electron chi connectivity index (χ2n) is 2.42. The summed E-state index contributed by atoms with van der Waals surface area (Å²) >= 11 is 0. The fourth-order valence-electron chi connectivity index (χ4n) is 0.508. The Morgan fingerprint density at radius 2 is 1.82 bits per heavy atom. The van der Waals surface area contributed by atoms with Gasteiger partial charge in [0.1, 0.15) is 12.2 Å². The zero-order chi connectivity index (χ0) is 8.15. The van der Waals surface area contributed by atoms with Gasteiger partial charge in [-0.15, -0.1) is 0 Å². The van der Waals surface area contributed by atoms with Crippen molar-refractivity contribution in [3.8, 4) is 0 Å². The van der Waals surface area contributed by atoms with Crippen LogP contribution in [0.1, 0.15) is 27.2 Å². The van der Waals surface area contributed by atoms with Crippen molar-refractivity contribution in [3.63, 3.8) is 0 Å². The predicted octanol–water partition coefficient (Wildman–Crippen LogP) is 0.915. The molecule has 0 aliphatic carbocycles. The first-order chi connectivity index (χ1) is 4.52. The van der Waals surface area contributed by atoms with Crippen LogP contribution in [0.5, 0.6) is 0 Å². The number of Topliss-reactive ketones (excluding diaryl/α,β-unsaturated/α-hetero) is 1. The molecule has 11 heavy (non-hydrogen) atoms. The first-order valence-corrected chi connectivity index (χ1v) is 3.21.